The summed E-state index contributed by atoms with van der Waals surface area (Å²) in [4.78, 5) is 15.3. The largest absolute Gasteiger partial charge is 1.00 e. The first-order valence-corrected chi connectivity index (χ1v) is 5.57. The third-order valence-corrected chi connectivity index (χ3v) is 2.02. The summed E-state index contributed by atoms with van der Waals surface area (Å²) in [6, 6.07) is 0. The topological polar surface area (TPSA) is 32.8 Å². The second-order valence-electron chi connectivity index (χ2n) is 4.83. The Kier molecular flexibility index (Phi) is 12.1. The van der Waals surface area contributed by atoms with Gasteiger partial charge in [-0.05, 0) is 33.9 Å². The second-order valence-corrected chi connectivity index (χ2v) is 4.83. The van der Waals surface area contributed by atoms with Crippen LogP contribution in [-0.4, -0.2) is 55.2 Å². The van der Waals surface area contributed by atoms with E-state index >= 15 is 0 Å². The molecule has 19 heavy (non-hydrogen) atoms. The van der Waals surface area contributed by atoms with Crippen LogP contribution in [0.5, 0.6) is 0 Å². The molecule has 1 rings (SSSR count). The maximum atomic E-state index is 11.6. The minimum atomic E-state index is -3.67. The van der Waals surface area contributed by atoms with Crippen molar-refractivity contribution in [1.29, 1.82) is 0 Å². The molecule has 0 bridgehead atoms. The predicted molar refractivity (Wildman–Crippen MR) is 63.8 cm³/mol. The number of carbonyl (C=O) groups excluding carboxylic acids is 1. The van der Waals surface area contributed by atoms with E-state index < -0.39 is 13.1 Å². The van der Waals surface area contributed by atoms with Crippen LogP contribution in [0.3, 0.4) is 0 Å². The van der Waals surface area contributed by atoms with Crippen LogP contribution >= 0.6 is 0 Å². The first-order chi connectivity index (χ1) is 8.11. The van der Waals surface area contributed by atoms with Crippen molar-refractivity contribution in [1.82, 2.24) is 9.80 Å². The third-order valence-electron chi connectivity index (χ3n) is 2.02. The standard InChI is InChI=1S/C10H19N2O2.BF3.K/c1-10(2,3)14-9(13)12-7-5-11(4)6-8-12;2-1(3)4;/h4-8H2,1-3H3;;/q-1;;+1. The minimum Gasteiger partial charge on any atom is -0.456 e. The first-order valence-electron chi connectivity index (χ1n) is 5.57. The quantitative estimate of drug-likeness (QED) is 0.435. The van der Waals surface area contributed by atoms with Gasteiger partial charge < -0.3 is 14.5 Å². The van der Waals surface area contributed by atoms with E-state index in [-0.39, 0.29) is 57.5 Å². The Bertz CT molecular complexity index is 257. The SMILES string of the molecule is FB(F)F.[CH2-]N1CCN(C(=O)OC(C)(C)C)CC1.[K+]. The van der Waals surface area contributed by atoms with Gasteiger partial charge in [0.05, 0.1) is 0 Å². The van der Waals surface area contributed by atoms with E-state index in [1.807, 2.05) is 25.7 Å². The number of nitrogens with zero attached hydrogens (tertiary/aromatic N) is 2. The second kappa shape index (κ2) is 10.4. The average molecular weight is 306 g/mol. The monoisotopic (exact) mass is 306 g/mol. The van der Waals surface area contributed by atoms with Crippen molar-refractivity contribution in [3.05, 3.63) is 7.05 Å². The molecule has 0 aromatic heterocycles. The summed E-state index contributed by atoms with van der Waals surface area (Å²) in [5.74, 6) is 0. The van der Waals surface area contributed by atoms with Gasteiger partial charge in [0.1, 0.15) is 5.60 Å². The van der Waals surface area contributed by atoms with Crippen LogP contribution in [0.4, 0.5) is 17.7 Å². The first kappa shape index (κ1) is 22.0. The molecule has 0 unspecified atom stereocenters. The Morgan fingerprint density at radius 1 is 1.16 bits per heavy atom. The molecule has 1 amide bonds. The van der Waals surface area contributed by atoms with Gasteiger partial charge in [-0.25, -0.2) is 4.79 Å². The Balaban J connectivity index is 0. The number of amides is 1. The Hall–Kier alpha value is 0.721. The van der Waals surface area contributed by atoms with Crippen LogP contribution in [0.1, 0.15) is 20.8 Å². The number of rotatable bonds is 0. The number of ether oxygens (including phenoxy) is 1. The van der Waals surface area contributed by atoms with Gasteiger partial charge in [-0.1, -0.05) is 0 Å². The van der Waals surface area contributed by atoms with Gasteiger partial charge in [0.2, 0.25) is 0 Å². The molecule has 0 saturated carbocycles. The molecule has 1 saturated heterocycles. The van der Waals surface area contributed by atoms with E-state index in [0.717, 1.165) is 13.1 Å². The molecule has 0 aliphatic carbocycles. The maximum Gasteiger partial charge on any atom is 1.00 e. The van der Waals surface area contributed by atoms with Crippen LogP contribution in [0.15, 0.2) is 0 Å². The van der Waals surface area contributed by atoms with Crippen molar-refractivity contribution in [2.75, 3.05) is 26.2 Å². The Morgan fingerprint density at radius 3 is 1.84 bits per heavy atom. The molecule has 1 fully saturated rings. The molecule has 0 aromatic carbocycles. The summed E-state index contributed by atoms with van der Waals surface area (Å²) < 4.78 is 34.3. The summed E-state index contributed by atoms with van der Waals surface area (Å²) in [6.45, 7) is 8.68. The zero-order chi connectivity index (χ0) is 14.3. The van der Waals surface area contributed by atoms with Gasteiger partial charge in [0, 0.05) is 13.1 Å². The fraction of sp³-hybridized carbons (Fsp3) is 0.800. The Morgan fingerprint density at radius 2 is 1.53 bits per heavy atom. The minimum absolute atomic E-state index is 0. The van der Waals surface area contributed by atoms with Crippen LogP contribution < -0.4 is 51.4 Å². The van der Waals surface area contributed by atoms with Crippen molar-refractivity contribution < 1.29 is 73.9 Å². The molecule has 0 atom stereocenters. The van der Waals surface area contributed by atoms with Gasteiger partial charge in [-0.3, -0.25) is 20.0 Å². The molecule has 0 spiro atoms. The summed E-state index contributed by atoms with van der Waals surface area (Å²) >= 11 is 0. The van der Waals surface area contributed by atoms with E-state index in [1.54, 1.807) is 4.90 Å². The smallest absolute Gasteiger partial charge is 0.456 e. The van der Waals surface area contributed by atoms with Gasteiger partial charge in [0.15, 0.2) is 0 Å². The van der Waals surface area contributed by atoms with Gasteiger partial charge in [-0.2, -0.15) is 0 Å². The van der Waals surface area contributed by atoms with Crippen LogP contribution in [0, 0.1) is 7.05 Å². The zero-order valence-electron chi connectivity index (χ0n) is 12.0. The zero-order valence-corrected chi connectivity index (χ0v) is 15.1. The molecule has 1 heterocycles. The van der Waals surface area contributed by atoms with Gasteiger partial charge in [-0.15, -0.1) is 0 Å². The number of piperazine rings is 1. The fourth-order valence-corrected chi connectivity index (χ4v) is 1.26. The number of hydrogen-bond donors (Lipinski definition) is 0. The van der Waals surface area contributed by atoms with Crippen molar-refractivity contribution in [3.8, 4) is 0 Å². The van der Waals surface area contributed by atoms with E-state index in [1.165, 1.54) is 0 Å². The molecule has 106 valence electrons. The fourth-order valence-electron chi connectivity index (χ4n) is 1.26. The molecule has 1 aliphatic heterocycles. The van der Waals surface area contributed by atoms with E-state index in [4.69, 9.17) is 4.74 Å². The number of carbonyl (C=O) groups is 1. The molecule has 1 aliphatic rings. The van der Waals surface area contributed by atoms with Crippen molar-refractivity contribution in [3.63, 3.8) is 0 Å². The number of halogens is 3. The normalized spacial score (nSPS) is 15.8. The summed E-state index contributed by atoms with van der Waals surface area (Å²) in [6.07, 6.45) is -0.217. The van der Waals surface area contributed by atoms with Crippen molar-refractivity contribution in [2.24, 2.45) is 0 Å². The van der Waals surface area contributed by atoms with Gasteiger partial charge in [0.25, 0.3) is 0 Å². The summed E-state index contributed by atoms with van der Waals surface area (Å²) in [5, 5.41) is 0. The van der Waals surface area contributed by atoms with E-state index in [0.29, 0.717) is 13.1 Å². The van der Waals surface area contributed by atoms with E-state index in [2.05, 4.69) is 7.05 Å². The van der Waals surface area contributed by atoms with Crippen LogP contribution in [0.25, 0.3) is 0 Å². The van der Waals surface area contributed by atoms with Crippen LogP contribution in [0.2, 0.25) is 0 Å². The molecule has 0 radical (unpaired) electrons. The molecule has 9 heteroatoms. The molecular weight excluding hydrogens is 287 g/mol. The van der Waals surface area contributed by atoms with Crippen molar-refractivity contribution in [2.45, 2.75) is 26.4 Å². The van der Waals surface area contributed by atoms with Gasteiger partial charge >= 0.3 is 65.0 Å². The molecule has 0 aromatic rings. The maximum absolute atomic E-state index is 11.6. The summed E-state index contributed by atoms with van der Waals surface area (Å²) in [5.41, 5.74) is -0.404. The Labute approximate surface area is 155 Å². The molecule has 0 N–H and O–H groups in total. The average Bonchev–Trinajstić information content (AvgIpc) is 2.14. The summed E-state index contributed by atoms with van der Waals surface area (Å²) in [7, 11) is 0.154. The number of hydrogen-bond acceptors (Lipinski definition) is 3. The van der Waals surface area contributed by atoms with Crippen LogP contribution in [-0.2, 0) is 4.74 Å². The molecular formula is C10H19BF3KN2O2. The predicted octanol–water partition coefficient (Wildman–Crippen LogP) is -0.786. The third kappa shape index (κ3) is 13.5. The molecule has 4 nitrogen and oxygen atoms in total. The van der Waals surface area contributed by atoms with E-state index in [9.17, 15) is 17.7 Å². The van der Waals surface area contributed by atoms with Crippen molar-refractivity contribution >= 4 is 13.6 Å².